The van der Waals surface area contributed by atoms with Crippen LogP contribution in [0.3, 0.4) is 0 Å². The van der Waals surface area contributed by atoms with E-state index in [4.69, 9.17) is 0 Å². The van der Waals surface area contributed by atoms with Gasteiger partial charge in [-0.05, 0) is 58.2 Å². The Morgan fingerprint density at radius 3 is 2.60 bits per heavy atom. The van der Waals surface area contributed by atoms with E-state index in [1.165, 1.54) is 12.8 Å². The van der Waals surface area contributed by atoms with Crippen molar-refractivity contribution in [3.05, 3.63) is 23.5 Å². The van der Waals surface area contributed by atoms with Crippen LogP contribution < -0.4 is 5.32 Å². The van der Waals surface area contributed by atoms with Crippen LogP contribution in [0.4, 0.5) is 0 Å². The first-order valence-electron chi connectivity index (χ1n) is 7.63. The highest BCUT2D eigenvalue weighted by molar-refractivity contribution is 5.95. The quantitative estimate of drug-likeness (QED) is 0.918. The van der Waals surface area contributed by atoms with E-state index >= 15 is 0 Å². The van der Waals surface area contributed by atoms with Gasteiger partial charge in [0, 0.05) is 32.0 Å². The second-order valence-electron chi connectivity index (χ2n) is 6.27. The minimum atomic E-state index is 0.153. The minimum Gasteiger partial charge on any atom is -0.351 e. The predicted octanol–water partition coefficient (Wildman–Crippen LogP) is 2.45. The van der Waals surface area contributed by atoms with Gasteiger partial charge >= 0.3 is 0 Å². The van der Waals surface area contributed by atoms with Crippen molar-refractivity contribution in [2.24, 2.45) is 5.92 Å². The largest absolute Gasteiger partial charge is 0.351 e. The molecule has 0 aromatic carbocycles. The number of aromatic nitrogens is 1. The lowest BCUT2D eigenvalue weighted by Crippen LogP contribution is -2.37. The molecule has 1 aromatic rings. The second kappa shape index (κ2) is 6.44. The lowest BCUT2D eigenvalue weighted by Gasteiger charge is -2.27. The van der Waals surface area contributed by atoms with Gasteiger partial charge in [-0.2, -0.15) is 0 Å². The zero-order valence-electron chi connectivity index (χ0n) is 13.1. The summed E-state index contributed by atoms with van der Waals surface area (Å²) in [5.74, 6) is 0.790. The maximum Gasteiger partial charge on any atom is 0.255 e. The van der Waals surface area contributed by atoms with Crippen molar-refractivity contribution >= 4 is 5.91 Å². The Bertz CT molecular complexity index is 458. The number of nitrogens with zero attached hydrogens (tertiary/aromatic N) is 2. The maximum atomic E-state index is 12.6. The first kappa shape index (κ1) is 15.1. The van der Waals surface area contributed by atoms with Crippen LogP contribution in [-0.4, -0.2) is 42.1 Å². The van der Waals surface area contributed by atoms with Crippen molar-refractivity contribution in [1.29, 1.82) is 0 Å². The van der Waals surface area contributed by atoms with Crippen molar-refractivity contribution < 1.29 is 4.79 Å². The molecule has 1 amide bonds. The highest BCUT2D eigenvalue weighted by Gasteiger charge is 2.21. The third-order valence-electron chi connectivity index (χ3n) is 4.21. The van der Waals surface area contributed by atoms with Crippen molar-refractivity contribution in [3.8, 4) is 0 Å². The third kappa shape index (κ3) is 3.42. The van der Waals surface area contributed by atoms with Crippen molar-refractivity contribution in [3.63, 3.8) is 0 Å². The SMILES string of the molecule is Cc1cn(C(C)C)cc1C(=O)N(C)CC1CCNCC1. The van der Waals surface area contributed by atoms with Gasteiger partial charge in [-0.25, -0.2) is 0 Å². The number of piperidine rings is 1. The second-order valence-corrected chi connectivity index (χ2v) is 6.27. The van der Waals surface area contributed by atoms with Crippen molar-refractivity contribution in [2.75, 3.05) is 26.7 Å². The molecule has 20 heavy (non-hydrogen) atoms. The molecule has 0 saturated carbocycles. The number of hydrogen-bond acceptors (Lipinski definition) is 2. The Kier molecular flexibility index (Phi) is 4.86. The minimum absolute atomic E-state index is 0.153. The summed E-state index contributed by atoms with van der Waals surface area (Å²) >= 11 is 0. The van der Waals surface area contributed by atoms with Gasteiger partial charge in [0.15, 0.2) is 0 Å². The van der Waals surface area contributed by atoms with Gasteiger partial charge in [-0.3, -0.25) is 4.79 Å². The Hall–Kier alpha value is -1.29. The van der Waals surface area contributed by atoms with Crippen LogP contribution in [0.1, 0.15) is 48.7 Å². The normalized spacial score (nSPS) is 16.6. The van der Waals surface area contributed by atoms with Gasteiger partial charge in [0.2, 0.25) is 0 Å². The topological polar surface area (TPSA) is 37.3 Å². The zero-order valence-corrected chi connectivity index (χ0v) is 13.1. The summed E-state index contributed by atoms with van der Waals surface area (Å²) in [6.07, 6.45) is 6.39. The molecule has 4 nitrogen and oxygen atoms in total. The lowest BCUT2D eigenvalue weighted by molar-refractivity contribution is 0.0762. The van der Waals surface area contributed by atoms with Gasteiger partial charge in [0.1, 0.15) is 0 Å². The van der Waals surface area contributed by atoms with Gasteiger partial charge in [-0.1, -0.05) is 0 Å². The van der Waals surface area contributed by atoms with Crippen molar-refractivity contribution in [1.82, 2.24) is 14.8 Å². The number of rotatable bonds is 4. The smallest absolute Gasteiger partial charge is 0.255 e. The van der Waals surface area contributed by atoms with Crippen LogP contribution in [0.15, 0.2) is 12.4 Å². The van der Waals surface area contributed by atoms with E-state index in [0.717, 1.165) is 30.8 Å². The highest BCUT2D eigenvalue weighted by atomic mass is 16.2. The molecule has 0 spiro atoms. The monoisotopic (exact) mass is 277 g/mol. The van der Waals surface area contributed by atoms with Crippen LogP contribution in [-0.2, 0) is 0 Å². The molecule has 1 aliphatic rings. The molecule has 0 atom stereocenters. The first-order valence-corrected chi connectivity index (χ1v) is 7.63. The molecular formula is C16H27N3O. The molecule has 1 fully saturated rings. The average Bonchev–Trinajstić information content (AvgIpc) is 2.81. The molecule has 1 aliphatic heterocycles. The summed E-state index contributed by atoms with van der Waals surface area (Å²) in [5.41, 5.74) is 1.91. The van der Waals surface area contributed by atoms with E-state index in [2.05, 4.69) is 29.9 Å². The first-order chi connectivity index (χ1) is 9.49. The fourth-order valence-corrected chi connectivity index (χ4v) is 2.84. The molecule has 0 radical (unpaired) electrons. The van der Waals surface area contributed by atoms with Gasteiger partial charge in [-0.15, -0.1) is 0 Å². The standard InChI is InChI=1S/C16H27N3O/c1-12(2)19-9-13(3)15(11-19)16(20)18(4)10-14-5-7-17-8-6-14/h9,11-12,14,17H,5-8,10H2,1-4H3. The van der Waals surface area contributed by atoms with Crippen LogP contribution in [0.25, 0.3) is 0 Å². The Labute approximate surface area is 122 Å². The molecule has 112 valence electrons. The van der Waals surface area contributed by atoms with E-state index in [1.807, 2.05) is 25.1 Å². The van der Waals surface area contributed by atoms with Crippen LogP contribution >= 0.6 is 0 Å². The van der Waals surface area contributed by atoms with E-state index < -0.39 is 0 Å². The van der Waals surface area contributed by atoms with Gasteiger partial charge in [0.05, 0.1) is 5.56 Å². The Balaban J connectivity index is 2.02. The van der Waals surface area contributed by atoms with E-state index in [0.29, 0.717) is 12.0 Å². The number of nitrogens with one attached hydrogen (secondary N) is 1. The van der Waals surface area contributed by atoms with E-state index in [1.54, 1.807) is 0 Å². The molecule has 1 saturated heterocycles. The Morgan fingerprint density at radius 2 is 2.05 bits per heavy atom. The molecule has 0 unspecified atom stereocenters. The maximum absolute atomic E-state index is 12.6. The Morgan fingerprint density at radius 1 is 1.40 bits per heavy atom. The van der Waals surface area contributed by atoms with Gasteiger partial charge < -0.3 is 14.8 Å². The number of hydrogen-bond donors (Lipinski definition) is 1. The molecule has 4 heteroatoms. The van der Waals surface area contributed by atoms with E-state index in [9.17, 15) is 4.79 Å². The summed E-state index contributed by atoms with van der Waals surface area (Å²) in [4.78, 5) is 14.5. The summed E-state index contributed by atoms with van der Waals surface area (Å²) in [6.45, 7) is 9.31. The lowest BCUT2D eigenvalue weighted by atomic mass is 9.97. The van der Waals surface area contributed by atoms with Crippen LogP contribution in [0, 0.1) is 12.8 Å². The molecule has 0 aliphatic carbocycles. The van der Waals surface area contributed by atoms with Crippen LogP contribution in [0.5, 0.6) is 0 Å². The van der Waals surface area contributed by atoms with E-state index in [-0.39, 0.29) is 5.91 Å². The van der Waals surface area contributed by atoms with Crippen LogP contribution in [0.2, 0.25) is 0 Å². The third-order valence-corrected chi connectivity index (χ3v) is 4.21. The molecule has 2 rings (SSSR count). The average molecular weight is 277 g/mol. The summed E-state index contributed by atoms with van der Waals surface area (Å²) < 4.78 is 2.11. The zero-order chi connectivity index (χ0) is 14.7. The summed E-state index contributed by atoms with van der Waals surface area (Å²) in [6, 6.07) is 0.393. The fourth-order valence-electron chi connectivity index (χ4n) is 2.84. The molecule has 2 heterocycles. The molecule has 1 N–H and O–H groups in total. The molecule has 0 bridgehead atoms. The number of carbonyl (C=O) groups is 1. The fraction of sp³-hybridized carbons (Fsp3) is 0.688. The number of amides is 1. The molecular weight excluding hydrogens is 250 g/mol. The predicted molar refractivity (Wildman–Crippen MR) is 82.1 cm³/mol. The summed E-state index contributed by atoms with van der Waals surface area (Å²) in [5, 5.41) is 3.37. The van der Waals surface area contributed by atoms with Crippen molar-refractivity contribution in [2.45, 2.75) is 39.7 Å². The number of aryl methyl sites for hydroxylation is 1. The molecule has 1 aromatic heterocycles. The summed E-state index contributed by atoms with van der Waals surface area (Å²) in [7, 11) is 1.93. The number of carbonyl (C=O) groups excluding carboxylic acids is 1. The van der Waals surface area contributed by atoms with Gasteiger partial charge in [0.25, 0.3) is 5.91 Å². The highest BCUT2D eigenvalue weighted by Crippen LogP contribution is 2.18.